The Kier molecular flexibility index (Phi) is 4.10. The molecule has 0 unspecified atom stereocenters. The number of rotatable bonds is 3. The average molecular weight is 394 g/mol. The molecule has 6 heteroatoms. The van der Waals surface area contributed by atoms with Gasteiger partial charge < -0.3 is 4.74 Å². The summed E-state index contributed by atoms with van der Waals surface area (Å²) in [6.07, 6.45) is 1.62. The Morgan fingerprint density at radius 3 is 2.20 bits per heavy atom. The molecule has 2 amide bonds. The maximum atomic E-state index is 13.0. The van der Waals surface area contributed by atoms with Crippen LogP contribution in [0.2, 0.25) is 0 Å². The van der Waals surface area contributed by atoms with E-state index in [4.69, 9.17) is 4.74 Å². The standard InChI is InChI=1S/C24H14N2O4/c27-22-16-9-1-2-10-17(16)23(28)26(22)19-12-4-3-11-18(19)24(29)30-20-13-5-7-15-8-6-14-25-21(15)20/h1-14H. The predicted octanol–water partition coefficient (Wildman–Crippen LogP) is 4.25. The van der Waals surface area contributed by atoms with E-state index in [1.165, 1.54) is 6.07 Å². The molecule has 0 fully saturated rings. The molecule has 0 spiro atoms. The number of hydrogen-bond donors (Lipinski definition) is 0. The Balaban J connectivity index is 1.54. The molecule has 6 nitrogen and oxygen atoms in total. The smallest absolute Gasteiger partial charge is 0.345 e. The molecule has 5 rings (SSSR count). The maximum Gasteiger partial charge on any atom is 0.345 e. The number of nitrogens with zero attached hydrogens (tertiary/aromatic N) is 2. The molecule has 30 heavy (non-hydrogen) atoms. The van der Waals surface area contributed by atoms with Gasteiger partial charge in [0.05, 0.1) is 22.4 Å². The number of benzene rings is 3. The monoisotopic (exact) mass is 394 g/mol. The Hall–Kier alpha value is -4.32. The van der Waals surface area contributed by atoms with Crippen molar-refractivity contribution >= 4 is 34.4 Å². The summed E-state index contributed by atoms with van der Waals surface area (Å²) in [5, 5.41) is 0.830. The van der Waals surface area contributed by atoms with Crippen molar-refractivity contribution < 1.29 is 19.1 Å². The van der Waals surface area contributed by atoms with Gasteiger partial charge in [0.25, 0.3) is 11.8 Å². The molecule has 4 aromatic rings. The highest BCUT2D eigenvalue weighted by atomic mass is 16.5. The number of amides is 2. The lowest BCUT2D eigenvalue weighted by molar-refractivity contribution is 0.0737. The van der Waals surface area contributed by atoms with E-state index >= 15 is 0 Å². The van der Waals surface area contributed by atoms with Crippen LogP contribution in [0.15, 0.2) is 85.1 Å². The minimum Gasteiger partial charge on any atom is -0.421 e. The molecular formula is C24H14N2O4. The van der Waals surface area contributed by atoms with Gasteiger partial charge in [0.1, 0.15) is 5.52 Å². The van der Waals surface area contributed by atoms with Crippen LogP contribution in [0.1, 0.15) is 31.1 Å². The van der Waals surface area contributed by atoms with E-state index in [0.29, 0.717) is 22.4 Å². The van der Waals surface area contributed by atoms with Gasteiger partial charge in [-0.1, -0.05) is 42.5 Å². The van der Waals surface area contributed by atoms with Gasteiger partial charge in [0.15, 0.2) is 5.75 Å². The van der Waals surface area contributed by atoms with E-state index in [1.807, 2.05) is 12.1 Å². The highest BCUT2D eigenvalue weighted by molar-refractivity contribution is 6.35. The van der Waals surface area contributed by atoms with E-state index in [2.05, 4.69) is 4.98 Å². The van der Waals surface area contributed by atoms with Crippen LogP contribution in [0.4, 0.5) is 5.69 Å². The molecule has 1 aromatic heterocycles. The predicted molar refractivity (Wildman–Crippen MR) is 111 cm³/mol. The summed E-state index contributed by atoms with van der Waals surface area (Å²) in [5.74, 6) is -1.32. The van der Waals surface area contributed by atoms with E-state index < -0.39 is 17.8 Å². The molecule has 0 saturated heterocycles. The Morgan fingerprint density at radius 2 is 1.43 bits per heavy atom. The summed E-state index contributed by atoms with van der Waals surface area (Å²) < 4.78 is 5.61. The highest BCUT2D eigenvalue weighted by Gasteiger charge is 2.38. The van der Waals surface area contributed by atoms with Crippen LogP contribution in [-0.2, 0) is 0 Å². The summed E-state index contributed by atoms with van der Waals surface area (Å²) >= 11 is 0. The van der Waals surface area contributed by atoms with Crippen LogP contribution in [0, 0.1) is 0 Å². The van der Waals surface area contributed by atoms with Crippen molar-refractivity contribution in [1.29, 1.82) is 0 Å². The molecule has 0 radical (unpaired) electrons. The molecule has 3 aromatic carbocycles. The van der Waals surface area contributed by atoms with Crippen LogP contribution < -0.4 is 9.64 Å². The van der Waals surface area contributed by atoms with Crippen molar-refractivity contribution in [3.63, 3.8) is 0 Å². The van der Waals surface area contributed by atoms with Gasteiger partial charge in [-0.05, 0) is 36.4 Å². The lowest BCUT2D eigenvalue weighted by atomic mass is 10.1. The van der Waals surface area contributed by atoms with Crippen molar-refractivity contribution in [2.45, 2.75) is 0 Å². The molecule has 0 bridgehead atoms. The van der Waals surface area contributed by atoms with Crippen LogP contribution in [0.25, 0.3) is 10.9 Å². The molecule has 2 heterocycles. The second-order valence-corrected chi connectivity index (χ2v) is 6.73. The first-order chi connectivity index (χ1) is 14.6. The van der Waals surface area contributed by atoms with E-state index in [-0.39, 0.29) is 11.3 Å². The van der Waals surface area contributed by atoms with Crippen molar-refractivity contribution in [2.75, 3.05) is 4.90 Å². The van der Waals surface area contributed by atoms with Gasteiger partial charge in [-0.3, -0.25) is 14.6 Å². The minimum atomic E-state index is -0.680. The van der Waals surface area contributed by atoms with Crippen molar-refractivity contribution in [1.82, 2.24) is 4.98 Å². The fourth-order valence-corrected chi connectivity index (χ4v) is 3.56. The number of aromatic nitrogens is 1. The fourth-order valence-electron chi connectivity index (χ4n) is 3.56. The largest absolute Gasteiger partial charge is 0.421 e. The number of para-hydroxylation sites is 2. The number of anilines is 1. The Labute approximate surface area is 171 Å². The molecule has 0 atom stereocenters. The zero-order valence-electron chi connectivity index (χ0n) is 15.6. The van der Waals surface area contributed by atoms with Gasteiger partial charge in [0.2, 0.25) is 0 Å². The summed E-state index contributed by atoms with van der Waals surface area (Å²) in [6.45, 7) is 0. The average Bonchev–Trinajstić information content (AvgIpc) is 3.04. The second-order valence-electron chi connectivity index (χ2n) is 6.73. The number of ether oxygens (including phenoxy) is 1. The zero-order chi connectivity index (χ0) is 20.7. The van der Waals surface area contributed by atoms with Crippen LogP contribution in [0.3, 0.4) is 0 Å². The molecule has 1 aliphatic heterocycles. The van der Waals surface area contributed by atoms with Crippen molar-refractivity contribution in [2.24, 2.45) is 0 Å². The second kappa shape index (κ2) is 6.93. The molecule has 0 N–H and O–H groups in total. The lowest BCUT2D eigenvalue weighted by Gasteiger charge is -2.17. The quantitative estimate of drug-likeness (QED) is 0.295. The summed E-state index contributed by atoms with van der Waals surface area (Å²) in [4.78, 5) is 44.0. The van der Waals surface area contributed by atoms with E-state index in [1.54, 1.807) is 66.9 Å². The third kappa shape index (κ3) is 2.74. The van der Waals surface area contributed by atoms with Crippen molar-refractivity contribution in [3.05, 3.63) is 102 Å². The summed E-state index contributed by atoms with van der Waals surface area (Å²) in [6, 6.07) is 21.9. The Morgan fingerprint density at radius 1 is 0.767 bits per heavy atom. The normalized spacial score (nSPS) is 12.9. The maximum absolute atomic E-state index is 13.0. The first kappa shape index (κ1) is 17.8. The zero-order valence-corrected chi connectivity index (χ0v) is 15.6. The van der Waals surface area contributed by atoms with E-state index in [0.717, 1.165) is 10.3 Å². The van der Waals surface area contributed by atoms with Gasteiger partial charge in [-0.2, -0.15) is 0 Å². The van der Waals surface area contributed by atoms with E-state index in [9.17, 15) is 14.4 Å². The first-order valence-electron chi connectivity index (χ1n) is 9.28. The van der Waals surface area contributed by atoms with Crippen molar-refractivity contribution in [3.8, 4) is 5.75 Å². The summed E-state index contributed by atoms with van der Waals surface area (Å²) in [7, 11) is 0. The van der Waals surface area contributed by atoms with Gasteiger partial charge in [-0.15, -0.1) is 0 Å². The topological polar surface area (TPSA) is 76.6 Å². The third-order valence-electron chi connectivity index (χ3n) is 4.96. The number of carbonyl (C=O) groups excluding carboxylic acids is 3. The number of fused-ring (bicyclic) bond motifs is 2. The number of hydrogen-bond acceptors (Lipinski definition) is 5. The summed E-state index contributed by atoms with van der Waals surface area (Å²) in [5.41, 5.74) is 1.46. The number of esters is 1. The number of imide groups is 1. The van der Waals surface area contributed by atoms with Gasteiger partial charge >= 0.3 is 5.97 Å². The molecule has 0 saturated carbocycles. The molecule has 0 aliphatic carbocycles. The van der Waals surface area contributed by atoms with Crippen LogP contribution >= 0.6 is 0 Å². The fraction of sp³-hybridized carbons (Fsp3) is 0. The van der Waals surface area contributed by atoms with Gasteiger partial charge in [-0.25, -0.2) is 9.69 Å². The van der Waals surface area contributed by atoms with Crippen LogP contribution in [-0.4, -0.2) is 22.8 Å². The molecular weight excluding hydrogens is 380 g/mol. The molecule has 1 aliphatic rings. The lowest BCUT2D eigenvalue weighted by Crippen LogP contribution is -2.31. The number of carbonyl (C=O) groups is 3. The Bertz CT molecular complexity index is 1310. The number of pyridine rings is 1. The molecule has 144 valence electrons. The van der Waals surface area contributed by atoms with Crippen LogP contribution in [0.5, 0.6) is 5.75 Å². The van der Waals surface area contributed by atoms with Gasteiger partial charge in [0, 0.05) is 11.6 Å². The highest BCUT2D eigenvalue weighted by Crippen LogP contribution is 2.32. The third-order valence-corrected chi connectivity index (χ3v) is 4.96. The minimum absolute atomic E-state index is 0.111. The SMILES string of the molecule is O=C(Oc1cccc2cccnc12)c1ccccc1N1C(=O)c2ccccc2C1=O. The first-order valence-corrected chi connectivity index (χ1v) is 9.28.